The van der Waals surface area contributed by atoms with Crippen LogP contribution in [0, 0.1) is 11.6 Å². The zero-order chi connectivity index (χ0) is 7.84. The summed E-state index contributed by atoms with van der Waals surface area (Å²) in [6.45, 7) is 0. The van der Waals surface area contributed by atoms with Gasteiger partial charge in [-0.15, -0.1) is 0 Å². The van der Waals surface area contributed by atoms with Crippen LogP contribution < -0.4 is 0 Å². The zero-order valence-electron chi connectivity index (χ0n) is 5.57. The number of fused-ring (bicyclic) bond motifs is 1. The summed E-state index contributed by atoms with van der Waals surface area (Å²) in [5, 5.41) is 0.296. The first-order valence-electron chi connectivity index (χ1n) is 3.19. The molecule has 1 N–H and O–H groups in total. The minimum atomic E-state index is -0.420. The van der Waals surface area contributed by atoms with E-state index in [2.05, 4.69) is 4.98 Å². The number of H-pyrrole nitrogens is 1. The molecule has 1 heterocycles. The molecule has 2 rings (SSSR count). The number of aromatic amines is 1. The molecule has 1 aromatic carbocycles. The number of halogens is 2. The minimum Gasteiger partial charge on any atom is -0.359 e. The maximum atomic E-state index is 12.7. The molecule has 1 nitrogen and oxygen atoms in total. The van der Waals surface area contributed by atoms with Crippen molar-refractivity contribution >= 4 is 10.9 Å². The van der Waals surface area contributed by atoms with E-state index in [4.69, 9.17) is 0 Å². The summed E-state index contributed by atoms with van der Waals surface area (Å²) in [5.41, 5.74) is 0.615. The third-order valence-corrected chi connectivity index (χ3v) is 1.59. The predicted octanol–water partition coefficient (Wildman–Crippen LogP) is 2.45. The average molecular weight is 153 g/mol. The van der Waals surface area contributed by atoms with Gasteiger partial charge in [-0.25, -0.2) is 8.78 Å². The van der Waals surface area contributed by atoms with E-state index in [1.807, 2.05) is 0 Å². The summed E-state index contributed by atoms with van der Waals surface area (Å²) in [5.74, 6) is -0.837. The molecule has 0 atom stereocenters. The van der Waals surface area contributed by atoms with Crippen molar-refractivity contribution in [1.29, 1.82) is 0 Å². The van der Waals surface area contributed by atoms with Gasteiger partial charge in [-0.05, 0) is 18.2 Å². The van der Waals surface area contributed by atoms with E-state index < -0.39 is 11.6 Å². The van der Waals surface area contributed by atoms with Gasteiger partial charge in [-0.1, -0.05) is 0 Å². The van der Waals surface area contributed by atoms with Crippen LogP contribution in [0.4, 0.5) is 8.78 Å². The third-order valence-electron chi connectivity index (χ3n) is 1.59. The number of aromatic nitrogens is 1. The van der Waals surface area contributed by atoms with Crippen LogP contribution in [0.15, 0.2) is 24.4 Å². The van der Waals surface area contributed by atoms with Gasteiger partial charge in [-0.2, -0.15) is 0 Å². The molecule has 3 heteroatoms. The van der Waals surface area contributed by atoms with E-state index in [-0.39, 0.29) is 0 Å². The molecule has 56 valence electrons. The summed E-state index contributed by atoms with van der Waals surface area (Å²) < 4.78 is 25.2. The van der Waals surface area contributed by atoms with Crippen molar-refractivity contribution in [2.45, 2.75) is 0 Å². The molecule has 2 aromatic rings. The van der Waals surface area contributed by atoms with Gasteiger partial charge in [0, 0.05) is 17.1 Å². The zero-order valence-corrected chi connectivity index (χ0v) is 5.57. The van der Waals surface area contributed by atoms with E-state index in [9.17, 15) is 8.78 Å². The first-order valence-corrected chi connectivity index (χ1v) is 3.19. The van der Waals surface area contributed by atoms with Crippen LogP contribution in [0.25, 0.3) is 10.9 Å². The number of hydrogen-bond donors (Lipinski definition) is 1. The highest BCUT2D eigenvalue weighted by molar-refractivity contribution is 5.79. The van der Waals surface area contributed by atoms with Crippen LogP contribution in [-0.4, -0.2) is 4.98 Å². The van der Waals surface area contributed by atoms with Crippen molar-refractivity contribution in [2.75, 3.05) is 0 Å². The molecule has 0 unspecified atom stereocenters. The van der Waals surface area contributed by atoms with Crippen molar-refractivity contribution in [3.05, 3.63) is 36.0 Å². The van der Waals surface area contributed by atoms with E-state index in [1.54, 1.807) is 0 Å². The van der Waals surface area contributed by atoms with E-state index >= 15 is 0 Å². The van der Waals surface area contributed by atoms with Gasteiger partial charge in [0.2, 0.25) is 0 Å². The average Bonchev–Trinajstić information content (AvgIpc) is 2.33. The van der Waals surface area contributed by atoms with Gasteiger partial charge < -0.3 is 4.98 Å². The molecular formula is C8H5F2N. The van der Waals surface area contributed by atoms with Crippen LogP contribution in [0.5, 0.6) is 0 Å². The lowest BCUT2D eigenvalue weighted by atomic mass is 10.2. The Morgan fingerprint density at radius 1 is 1.18 bits per heavy atom. The topological polar surface area (TPSA) is 15.8 Å². The summed E-state index contributed by atoms with van der Waals surface area (Å²) in [6.07, 6.45) is 1.21. The minimum absolute atomic E-state index is 0.296. The van der Waals surface area contributed by atoms with E-state index in [0.29, 0.717) is 10.9 Å². The Hall–Kier alpha value is -1.38. The number of rotatable bonds is 0. The number of nitrogens with one attached hydrogen (secondary N) is 1. The van der Waals surface area contributed by atoms with Gasteiger partial charge in [0.15, 0.2) is 0 Å². The smallest absolute Gasteiger partial charge is 0.148 e. The SMILES string of the molecule is Fc1ccc2[nH]cc(F)c2c1. The highest BCUT2D eigenvalue weighted by atomic mass is 19.1. The second-order valence-corrected chi connectivity index (χ2v) is 2.33. The molecule has 0 fully saturated rings. The molecule has 0 aliphatic heterocycles. The van der Waals surface area contributed by atoms with E-state index in [1.165, 1.54) is 24.4 Å². The summed E-state index contributed by atoms with van der Waals surface area (Å²) >= 11 is 0. The lowest BCUT2D eigenvalue weighted by Gasteiger charge is -1.88. The molecule has 0 saturated carbocycles. The predicted molar refractivity (Wildman–Crippen MR) is 38.2 cm³/mol. The lowest BCUT2D eigenvalue weighted by molar-refractivity contribution is 0.623. The molecule has 0 aliphatic carbocycles. The second kappa shape index (κ2) is 2.05. The maximum Gasteiger partial charge on any atom is 0.148 e. The quantitative estimate of drug-likeness (QED) is 0.598. The van der Waals surface area contributed by atoms with Crippen LogP contribution >= 0.6 is 0 Å². The monoisotopic (exact) mass is 153 g/mol. The number of benzene rings is 1. The molecule has 0 aliphatic rings. The van der Waals surface area contributed by atoms with Gasteiger partial charge in [0.1, 0.15) is 11.6 Å². The standard InChI is InChI=1S/C8H5F2N/c9-5-1-2-8-6(3-5)7(10)4-11-8/h1-4,11H. The lowest BCUT2D eigenvalue weighted by Crippen LogP contribution is -1.73. The van der Waals surface area contributed by atoms with Gasteiger partial charge in [-0.3, -0.25) is 0 Å². The molecule has 1 aromatic heterocycles. The number of hydrogen-bond acceptors (Lipinski definition) is 0. The Morgan fingerprint density at radius 2 is 2.00 bits per heavy atom. The Kier molecular flexibility index (Phi) is 1.18. The fourth-order valence-corrected chi connectivity index (χ4v) is 1.06. The highest BCUT2D eigenvalue weighted by Gasteiger charge is 2.02. The second-order valence-electron chi connectivity index (χ2n) is 2.33. The summed E-state index contributed by atoms with van der Waals surface area (Å²) in [6, 6.07) is 3.97. The normalized spacial score (nSPS) is 10.7. The summed E-state index contributed by atoms with van der Waals surface area (Å²) in [4.78, 5) is 2.67. The molecule has 0 radical (unpaired) electrons. The molecule has 0 saturated heterocycles. The van der Waals surface area contributed by atoms with Crippen LogP contribution in [-0.2, 0) is 0 Å². The molecule has 0 amide bonds. The highest BCUT2D eigenvalue weighted by Crippen LogP contribution is 2.17. The van der Waals surface area contributed by atoms with Crippen molar-refractivity contribution in [1.82, 2.24) is 4.98 Å². The Morgan fingerprint density at radius 3 is 2.82 bits per heavy atom. The first-order chi connectivity index (χ1) is 5.27. The van der Waals surface area contributed by atoms with Gasteiger partial charge in [0.25, 0.3) is 0 Å². The largest absolute Gasteiger partial charge is 0.359 e. The molecule has 0 spiro atoms. The van der Waals surface area contributed by atoms with E-state index in [0.717, 1.165) is 0 Å². The first kappa shape index (κ1) is 6.34. The van der Waals surface area contributed by atoms with Crippen molar-refractivity contribution in [3.8, 4) is 0 Å². The molecule has 11 heavy (non-hydrogen) atoms. The summed E-state index contributed by atoms with van der Waals surface area (Å²) in [7, 11) is 0. The molecule has 0 bridgehead atoms. The van der Waals surface area contributed by atoms with Gasteiger partial charge in [0.05, 0.1) is 0 Å². The Labute approximate surface area is 61.7 Å². The maximum absolute atomic E-state index is 12.7. The Bertz CT molecular complexity index is 392. The third kappa shape index (κ3) is 0.888. The fourth-order valence-electron chi connectivity index (χ4n) is 1.06. The van der Waals surface area contributed by atoms with Crippen LogP contribution in [0.1, 0.15) is 0 Å². The Balaban J connectivity index is 2.87. The van der Waals surface area contributed by atoms with Crippen LogP contribution in [0.2, 0.25) is 0 Å². The fraction of sp³-hybridized carbons (Fsp3) is 0. The van der Waals surface area contributed by atoms with Crippen molar-refractivity contribution < 1.29 is 8.78 Å². The van der Waals surface area contributed by atoms with Crippen LogP contribution in [0.3, 0.4) is 0 Å². The molecular weight excluding hydrogens is 148 g/mol. The van der Waals surface area contributed by atoms with Gasteiger partial charge >= 0.3 is 0 Å². The van der Waals surface area contributed by atoms with Crippen molar-refractivity contribution in [3.63, 3.8) is 0 Å². The van der Waals surface area contributed by atoms with Crippen molar-refractivity contribution in [2.24, 2.45) is 0 Å².